The summed E-state index contributed by atoms with van der Waals surface area (Å²) in [4.78, 5) is 0. The second-order valence-corrected chi connectivity index (χ2v) is 4.76. The number of hydrogen-bond acceptors (Lipinski definition) is 2. The van der Waals surface area contributed by atoms with Crippen LogP contribution in [0.15, 0.2) is 18.2 Å². The lowest BCUT2D eigenvalue weighted by Gasteiger charge is -2.27. The second-order valence-electron chi connectivity index (χ2n) is 4.36. The van der Waals surface area contributed by atoms with Gasteiger partial charge in [0.25, 0.3) is 0 Å². The van der Waals surface area contributed by atoms with Crippen LogP contribution in [0, 0.1) is 5.82 Å². The Hall–Kier alpha value is -0.800. The van der Waals surface area contributed by atoms with Crippen molar-refractivity contribution in [2.45, 2.75) is 37.8 Å². The van der Waals surface area contributed by atoms with Crippen molar-refractivity contribution in [1.82, 2.24) is 0 Å². The molecule has 4 heteroatoms. The molecule has 1 aromatic carbocycles. The summed E-state index contributed by atoms with van der Waals surface area (Å²) in [5.41, 5.74) is 6.31. The molecule has 0 heterocycles. The molecular formula is C12H16ClFN2. The smallest absolute Gasteiger partial charge is 0.164 e. The number of rotatable bonds is 2. The Morgan fingerprint density at radius 3 is 2.62 bits per heavy atom. The molecule has 0 atom stereocenters. The van der Waals surface area contributed by atoms with Crippen molar-refractivity contribution in [3.05, 3.63) is 29.0 Å². The molecule has 16 heavy (non-hydrogen) atoms. The molecule has 0 aromatic heterocycles. The van der Waals surface area contributed by atoms with Gasteiger partial charge in [0.05, 0.1) is 10.7 Å². The molecule has 3 N–H and O–H groups in total. The van der Waals surface area contributed by atoms with Gasteiger partial charge >= 0.3 is 0 Å². The lowest BCUT2D eigenvalue weighted by molar-refractivity contribution is 0.410. The molecular weight excluding hydrogens is 227 g/mol. The standard InChI is InChI=1S/C12H16ClFN2/c13-10-2-1-3-11(12(10)14)16-9-6-4-8(15)5-7-9/h1-3,8-9,16H,4-7,15H2. The summed E-state index contributed by atoms with van der Waals surface area (Å²) in [7, 11) is 0. The van der Waals surface area contributed by atoms with E-state index < -0.39 is 0 Å². The van der Waals surface area contributed by atoms with Gasteiger partial charge in [-0.15, -0.1) is 0 Å². The molecule has 0 spiro atoms. The first-order valence-corrected chi connectivity index (χ1v) is 6.00. The van der Waals surface area contributed by atoms with Crippen molar-refractivity contribution in [1.29, 1.82) is 0 Å². The van der Waals surface area contributed by atoms with Crippen LogP contribution in [-0.4, -0.2) is 12.1 Å². The van der Waals surface area contributed by atoms with Gasteiger partial charge in [-0.1, -0.05) is 17.7 Å². The average molecular weight is 243 g/mol. The minimum Gasteiger partial charge on any atom is -0.380 e. The predicted octanol–water partition coefficient (Wildman–Crippen LogP) is 3.16. The van der Waals surface area contributed by atoms with Crippen molar-refractivity contribution >= 4 is 17.3 Å². The van der Waals surface area contributed by atoms with Gasteiger partial charge in [-0.25, -0.2) is 4.39 Å². The first-order chi connectivity index (χ1) is 7.66. The molecule has 88 valence electrons. The molecule has 0 radical (unpaired) electrons. The Morgan fingerprint density at radius 1 is 1.25 bits per heavy atom. The zero-order chi connectivity index (χ0) is 11.5. The molecule has 0 bridgehead atoms. The summed E-state index contributed by atoms with van der Waals surface area (Å²) in [6, 6.07) is 5.65. The molecule has 2 nitrogen and oxygen atoms in total. The van der Waals surface area contributed by atoms with E-state index in [0.717, 1.165) is 25.7 Å². The number of benzene rings is 1. The van der Waals surface area contributed by atoms with E-state index in [-0.39, 0.29) is 10.8 Å². The van der Waals surface area contributed by atoms with Gasteiger partial charge in [-0.2, -0.15) is 0 Å². The zero-order valence-corrected chi connectivity index (χ0v) is 9.80. The van der Waals surface area contributed by atoms with Crippen molar-refractivity contribution in [3.63, 3.8) is 0 Å². The van der Waals surface area contributed by atoms with Crippen LogP contribution in [0.5, 0.6) is 0 Å². The van der Waals surface area contributed by atoms with E-state index in [2.05, 4.69) is 5.32 Å². The summed E-state index contributed by atoms with van der Waals surface area (Å²) in [6.45, 7) is 0. The maximum atomic E-state index is 13.6. The summed E-state index contributed by atoms with van der Waals surface area (Å²) in [6.07, 6.45) is 3.99. The Balaban J connectivity index is 2.01. The summed E-state index contributed by atoms with van der Waals surface area (Å²) in [5, 5.41) is 3.36. The van der Waals surface area contributed by atoms with E-state index in [1.54, 1.807) is 18.2 Å². The molecule has 1 aliphatic rings. The fraction of sp³-hybridized carbons (Fsp3) is 0.500. The highest BCUT2D eigenvalue weighted by Gasteiger charge is 2.19. The maximum Gasteiger partial charge on any atom is 0.164 e. The lowest BCUT2D eigenvalue weighted by atomic mass is 9.91. The quantitative estimate of drug-likeness (QED) is 0.836. The summed E-state index contributed by atoms with van der Waals surface area (Å²) < 4.78 is 13.6. The van der Waals surface area contributed by atoms with Gasteiger partial charge in [0, 0.05) is 12.1 Å². The zero-order valence-electron chi connectivity index (χ0n) is 9.05. The van der Waals surface area contributed by atoms with Crippen LogP contribution in [0.2, 0.25) is 5.02 Å². The normalized spacial score (nSPS) is 25.4. The molecule has 0 amide bonds. The van der Waals surface area contributed by atoms with Crippen LogP contribution in [0.1, 0.15) is 25.7 Å². The SMILES string of the molecule is NC1CCC(Nc2cccc(Cl)c2F)CC1. The summed E-state index contributed by atoms with van der Waals surface area (Å²) in [5.74, 6) is -0.362. The monoisotopic (exact) mass is 242 g/mol. The molecule has 1 aliphatic carbocycles. The minimum absolute atomic E-state index is 0.164. The Labute approximate surface area is 100.0 Å². The fourth-order valence-corrected chi connectivity index (χ4v) is 2.27. The number of anilines is 1. The van der Waals surface area contributed by atoms with Crippen LogP contribution in [0.3, 0.4) is 0 Å². The average Bonchev–Trinajstić information content (AvgIpc) is 2.28. The van der Waals surface area contributed by atoms with Gasteiger partial charge in [-0.05, 0) is 37.8 Å². The fourth-order valence-electron chi connectivity index (χ4n) is 2.10. The Bertz CT molecular complexity index is 362. The molecule has 0 saturated heterocycles. The number of hydrogen-bond donors (Lipinski definition) is 2. The topological polar surface area (TPSA) is 38.0 Å². The molecule has 1 fully saturated rings. The minimum atomic E-state index is -0.362. The van der Waals surface area contributed by atoms with E-state index in [1.807, 2.05) is 0 Å². The van der Waals surface area contributed by atoms with Gasteiger partial charge < -0.3 is 11.1 Å². The first-order valence-electron chi connectivity index (χ1n) is 5.63. The van der Waals surface area contributed by atoms with Gasteiger partial charge in [0.15, 0.2) is 5.82 Å². The highest BCUT2D eigenvalue weighted by Crippen LogP contribution is 2.26. The second kappa shape index (κ2) is 5.02. The van der Waals surface area contributed by atoms with Crippen molar-refractivity contribution < 1.29 is 4.39 Å². The van der Waals surface area contributed by atoms with Crippen molar-refractivity contribution in [2.24, 2.45) is 5.73 Å². The third-order valence-electron chi connectivity index (χ3n) is 3.08. The Morgan fingerprint density at radius 2 is 1.94 bits per heavy atom. The molecule has 0 aliphatic heterocycles. The molecule has 1 aromatic rings. The van der Waals surface area contributed by atoms with Crippen LogP contribution in [-0.2, 0) is 0 Å². The number of nitrogens with two attached hydrogens (primary N) is 1. The van der Waals surface area contributed by atoms with E-state index >= 15 is 0 Å². The van der Waals surface area contributed by atoms with Crippen molar-refractivity contribution in [3.8, 4) is 0 Å². The third kappa shape index (κ3) is 2.66. The van der Waals surface area contributed by atoms with Gasteiger partial charge in [0.2, 0.25) is 0 Å². The predicted molar refractivity (Wildman–Crippen MR) is 65.3 cm³/mol. The maximum absolute atomic E-state index is 13.6. The molecule has 1 saturated carbocycles. The first kappa shape index (κ1) is 11.7. The van der Waals surface area contributed by atoms with Crippen LogP contribution >= 0.6 is 11.6 Å². The number of nitrogens with one attached hydrogen (secondary N) is 1. The van der Waals surface area contributed by atoms with E-state index in [0.29, 0.717) is 17.8 Å². The van der Waals surface area contributed by atoms with Crippen LogP contribution < -0.4 is 11.1 Å². The van der Waals surface area contributed by atoms with E-state index in [9.17, 15) is 4.39 Å². The summed E-state index contributed by atoms with van der Waals surface area (Å²) >= 11 is 5.72. The molecule has 2 rings (SSSR count). The van der Waals surface area contributed by atoms with Crippen LogP contribution in [0.4, 0.5) is 10.1 Å². The molecule has 0 unspecified atom stereocenters. The van der Waals surface area contributed by atoms with Gasteiger partial charge in [0.1, 0.15) is 0 Å². The lowest BCUT2D eigenvalue weighted by Crippen LogP contribution is -2.33. The highest BCUT2D eigenvalue weighted by atomic mass is 35.5. The number of halogens is 2. The van der Waals surface area contributed by atoms with Gasteiger partial charge in [-0.3, -0.25) is 0 Å². The van der Waals surface area contributed by atoms with Crippen LogP contribution in [0.25, 0.3) is 0 Å². The van der Waals surface area contributed by atoms with Crippen molar-refractivity contribution in [2.75, 3.05) is 5.32 Å². The van der Waals surface area contributed by atoms with E-state index in [4.69, 9.17) is 17.3 Å². The highest BCUT2D eigenvalue weighted by molar-refractivity contribution is 6.31. The Kier molecular flexibility index (Phi) is 3.66. The third-order valence-corrected chi connectivity index (χ3v) is 3.37. The van der Waals surface area contributed by atoms with E-state index in [1.165, 1.54) is 0 Å². The largest absolute Gasteiger partial charge is 0.380 e.